The predicted octanol–water partition coefficient (Wildman–Crippen LogP) is 4.50. The van der Waals surface area contributed by atoms with Crippen molar-refractivity contribution in [3.8, 4) is 10.6 Å². The molecule has 3 rings (SSSR count). The van der Waals surface area contributed by atoms with Crippen LogP contribution in [0.25, 0.3) is 10.6 Å². The number of benzene rings is 1. The lowest BCUT2D eigenvalue weighted by atomic mass is 9.81. The molecule has 1 aromatic carbocycles. The van der Waals surface area contributed by atoms with Crippen LogP contribution in [0.15, 0.2) is 24.3 Å². The zero-order chi connectivity index (χ0) is 19.6. The van der Waals surface area contributed by atoms with Crippen LogP contribution in [0.3, 0.4) is 0 Å². The van der Waals surface area contributed by atoms with Crippen LogP contribution in [0.5, 0.6) is 0 Å². The molecule has 1 heterocycles. The summed E-state index contributed by atoms with van der Waals surface area (Å²) in [5, 5.41) is 13.2. The Morgan fingerprint density at radius 3 is 2.30 bits per heavy atom. The van der Waals surface area contributed by atoms with E-state index in [9.17, 15) is 9.59 Å². The van der Waals surface area contributed by atoms with E-state index in [2.05, 4.69) is 41.5 Å². The Bertz CT molecular complexity index is 820. The molecule has 0 bridgehead atoms. The number of aryl methyl sites for hydroxylation is 2. The van der Waals surface area contributed by atoms with Gasteiger partial charge in [0.1, 0.15) is 5.01 Å². The molecule has 0 radical (unpaired) electrons. The Morgan fingerprint density at radius 1 is 1.11 bits per heavy atom. The normalized spacial score (nSPS) is 20.9. The summed E-state index contributed by atoms with van der Waals surface area (Å²) in [5.41, 5.74) is 3.24. The highest BCUT2D eigenvalue weighted by molar-refractivity contribution is 7.15. The van der Waals surface area contributed by atoms with Gasteiger partial charge in [0.25, 0.3) is 0 Å². The summed E-state index contributed by atoms with van der Waals surface area (Å²) in [6, 6.07) is 8.18. The summed E-state index contributed by atoms with van der Waals surface area (Å²) in [4.78, 5) is 29.4. The van der Waals surface area contributed by atoms with Gasteiger partial charge >= 0.3 is 5.97 Å². The number of carboxylic acids is 1. The molecule has 1 aromatic heterocycles. The van der Waals surface area contributed by atoms with Gasteiger partial charge in [0.2, 0.25) is 5.91 Å². The van der Waals surface area contributed by atoms with Crippen LogP contribution in [-0.2, 0) is 9.59 Å². The molecule has 0 aliphatic heterocycles. The third-order valence-electron chi connectivity index (χ3n) is 5.33. The summed E-state index contributed by atoms with van der Waals surface area (Å²) < 4.78 is 0. The average Bonchev–Trinajstić information content (AvgIpc) is 3.04. The number of carboxylic acid groups (broad SMARTS) is 1. The maximum absolute atomic E-state index is 12.6. The van der Waals surface area contributed by atoms with E-state index in [1.54, 1.807) is 11.3 Å². The fraction of sp³-hybridized carbons (Fsp3) is 0.476. The molecule has 6 heteroatoms. The van der Waals surface area contributed by atoms with Crippen LogP contribution in [0, 0.1) is 25.7 Å². The number of carbonyl (C=O) groups is 2. The van der Waals surface area contributed by atoms with E-state index in [0.29, 0.717) is 25.7 Å². The summed E-state index contributed by atoms with van der Waals surface area (Å²) >= 11 is 1.62. The van der Waals surface area contributed by atoms with E-state index in [0.717, 1.165) is 21.1 Å². The smallest absolute Gasteiger partial charge is 0.306 e. The quantitative estimate of drug-likeness (QED) is 0.793. The number of thiazole rings is 1. The van der Waals surface area contributed by atoms with Crippen molar-refractivity contribution >= 4 is 23.2 Å². The SMILES string of the molecule is Cc1ccc(-c2nc(C)c(C(C)NC(=O)C3CCC(C(=O)O)CC3)s2)cc1. The molecule has 0 spiro atoms. The lowest BCUT2D eigenvalue weighted by Gasteiger charge is -2.26. The first-order valence-electron chi connectivity index (χ1n) is 9.42. The highest BCUT2D eigenvalue weighted by Gasteiger charge is 2.30. The minimum absolute atomic E-state index is 0.0241. The fourth-order valence-electron chi connectivity index (χ4n) is 3.63. The number of hydrogen-bond acceptors (Lipinski definition) is 4. The van der Waals surface area contributed by atoms with Crippen molar-refractivity contribution < 1.29 is 14.7 Å². The van der Waals surface area contributed by atoms with Gasteiger partial charge in [-0.2, -0.15) is 0 Å². The Hall–Kier alpha value is -2.21. The summed E-state index contributed by atoms with van der Waals surface area (Å²) in [6.07, 6.45) is 2.45. The minimum Gasteiger partial charge on any atom is -0.481 e. The molecule has 144 valence electrons. The Morgan fingerprint density at radius 2 is 1.70 bits per heavy atom. The van der Waals surface area contributed by atoms with Gasteiger partial charge in [-0.05, 0) is 46.5 Å². The molecule has 27 heavy (non-hydrogen) atoms. The van der Waals surface area contributed by atoms with Crippen LogP contribution >= 0.6 is 11.3 Å². The lowest BCUT2D eigenvalue weighted by molar-refractivity contribution is -0.144. The predicted molar refractivity (Wildman–Crippen MR) is 107 cm³/mol. The van der Waals surface area contributed by atoms with Gasteiger partial charge in [-0.3, -0.25) is 9.59 Å². The van der Waals surface area contributed by atoms with Crippen LogP contribution in [0.2, 0.25) is 0 Å². The molecule has 1 fully saturated rings. The van der Waals surface area contributed by atoms with Gasteiger partial charge in [0, 0.05) is 11.5 Å². The Labute approximate surface area is 163 Å². The lowest BCUT2D eigenvalue weighted by Crippen LogP contribution is -2.35. The van der Waals surface area contributed by atoms with Crippen molar-refractivity contribution in [1.29, 1.82) is 0 Å². The second-order valence-electron chi connectivity index (χ2n) is 7.45. The number of nitrogens with zero attached hydrogens (tertiary/aromatic N) is 1. The highest BCUT2D eigenvalue weighted by Crippen LogP contribution is 2.33. The van der Waals surface area contributed by atoms with Crippen molar-refractivity contribution in [2.24, 2.45) is 11.8 Å². The number of carbonyl (C=O) groups excluding carboxylic acids is 1. The maximum atomic E-state index is 12.6. The zero-order valence-electron chi connectivity index (χ0n) is 16.0. The molecule has 1 aliphatic rings. The molecule has 2 N–H and O–H groups in total. The monoisotopic (exact) mass is 386 g/mol. The molecule has 0 saturated heterocycles. The number of nitrogens with one attached hydrogen (secondary N) is 1. The van der Waals surface area contributed by atoms with Gasteiger partial charge in [-0.1, -0.05) is 29.8 Å². The molecule has 1 saturated carbocycles. The second kappa shape index (κ2) is 8.21. The van der Waals surface area contributed by atoms with Crippen LogP contribution in [0.1, 0.15) is 54.8 Å². The topological polar surface area (TPSA) is 79.3 Å². The van der Waals surface area contributed by atoms with Gasteiger partial charge in [0.15, 0.2) is 0 Å². The standard InChI is InChI=1S/C21H26N2O3S/c1-12-4-6-16(7-5-12)20-23-14(3)18(27-20)13(2)22-19(24)15-8-10-17(11-9-15)21(25)26/h4-7,13,15,17H,8-11H2,1-3H3,(H,22,24)(H,25,26). The molecule has 1 amide bonds. The summed E-state index contributed by atoms with van der Waals surface area (Å²) in [7, 11) is 0. The third kappa shape index (κ3) is 4.56. The number of rotatable bonds is 5. The minimum atomic E-state index is -0.744. The molecular formula is C21H26N2O3S. The number of amides is 1. The summed E-state index contributed by atoms with van der Waals surface area (Å²) in [5.74, 6) is -1.11. The molecule has 1 aliphatic carbocycles. The van der Waals surface area contributed by atoms with E-state index < -0.39 is 5.97 Å². The van der Waals surface area contributed by atoms with E-state index in [-0.39, 0.29) is 23.8 Å². The maximum Gasteiger partial charge on any atom is 0.306 e. The van der Waals surface area contributed by atoms with E-state index >= 15 is 0 Å². The zero-order valence-corrected chi connectivity index (χ0v) is 16.8. The van der Waals surface area contributed by atoms with Gasteiger partial charge in [-0.25, -0.2) is 4.98 Å². The molecular weight excluding hydrogens is 360 g/mol. The van der Waals surface area contributed by atoms with Crippen molar-refractivity contribution in [2.45, 2.75) is 52.5 Å². The average molecular weight is 387 g/mol. The van der Waals surface area contributed by atoms with Crippen molar-refractivity contribution in [1.82, 2.24) is 10.3 Å². The van der Waals surface area contributed by atoms with Crippen LogP contribution in [0.4, 0.5) is 0 Å². The number of hydrogen-bond donors (Lipinski definition) is 2. The van der Waals surface area contributed by atoms with Crippen molar-refractivity contribution in [3.63, 3.8) is 0 Å². The van der Waals surface area contributed by atoms with E-state index in [1.165, 1.54) is 5.56 Å². The number of aromatic nitrogens is 1. The van der Waals surface area contributed by atoms with Crippen molar-refractivity contribution in [3.05, 3.63) is 40.4 Å². The van der Waals surface area contributed by atoms with Crippen molar-refractivity contribution in [2.75, 3.05) is 0 Å². The Balaban J connectivity index is 1.64. The summed E-state index contributed by atoms with van der Waals surface area (Å²) in [6.45, 7) is 6.02. The van der Waals surface area contributed by atoms with Crippen LogP contribution < -0.4 is 5.32 Å². The van der Waals surface area contributed by atoms with Gasteiger partial charge < -0.3 is 10.4 Å². The first kappa shape index (κ1) is 19.5. The van der Waals surface area contributed by atoms with Crippen LogP contribution in [-0.4, -0.2) is 22.0 Å². The largest absolute Gasteiger partial charge is 0.481 e. The number of aliphatic carboxylic acids is 1. The highest BCUT2D eigenvalue weighted by atomic mass is 32.1. The van der Waals surface area contributed by atoms with Gasteiger partial charge in [-0.15, -0.1) is 11.3 Å². The molecule has 5 nitrogen and oxygen atoms in total. The van der Waals surface area contributed by atoms with E-state index in [1.807, 2.05) is 13.8 Å². The first-order valence-corrected chi connectivity index (χ1v) is 10.2. The van der Waals surface area contributed by atoms with E-state index in [4.69, 9.17) is 5.11 Å². The third-order valence-corrected chi connectivity index (χ3v) is 6.72. The molecule has 1 unspecified atom stereocenters. The first-order chi connectivity index (χ1) is 12.8. The molecule has 1 atom stereocenters. The Kier molecular flexibility index (Phi) is 5.95. The van der Waals surface area contributed by atoms with Gasteiger partial charge in [0.05, 0.1) is 22.5 Å². The second-order valence-corrected chi connectivity index (χ2v) is 8.48. The molecule has 2 aromatic rings. The fourth-order valence-corrected chi connectivity index (χ4v) is 4.70.